The van der Waals surface area contributed by atoms with E-state index in [1.807, 2.05) is 44.2 Å². The van der Waals surface area contributed by atoms with Crippen LogP contribution in [0.15, 0.2) is 30.3 Å². The summed E-state index contributed by atoms with van der Waals surface area (Å²) in [5.41, 5.74) is 2.68. The molecule has 1 saturated carbocycles. The molecule has 1 fully saturated rings. The highest BCUT2D eigenvalue weighted by Crippen LogP contribution is 2.30. The van der Waals surface area contributed by atoms with E-state index < -0.39 is 0 Å². The number of hydrogen-bond acceptors (Lipinski definition) is 4. The summed E-state index contributed by atoms with van der Waals surface area (Å²) in [7, 11) is 0. The van der Waals surface area contributed by atoms with Crippen LogP contribution in [0.2, 0.25) is 0 Å². The van der Waals surface area contributed by atoms with Crippen LogP contribution in [0, 0.1) is 19.8 Å². The maximum absolute atomic E-state index is 11.7. The standard InChI is InChI=1S/C16H18N4O/c1-10-9-15(18-11(2)17-10)19-13-5-7-14(8-6-13)20-16(21)12-3-4-12/h5-9,12H,3-4H2,1-2H3,(H,20,21)(H,17,18,19). The highest BCUT2D eigenvalue weighted by Gasteiger charge is 2.29. The van der Waals surface area contributed by atoms with Crippen molar-refractivity contribution in [2.45, 2.75) is 26.7 Å². The molecule has 0 spiro atoms. The minimum atomic E-state index is 0.123. The zero-order chi connectivity index (χ0) is 14.8. The second-order valence-corrected chi connectivity index (χ2v) is 5.41. The van der Waals surface area contributed by atoms with Gasteiger partial charge in [0.25, 0.3) is 0 Å². The van der Waals surface area contributed by atoms with Gasteiger partial charge in [0.15, 0.2) is 0 Å². The van der Waals surface area contributed by atoms with Gasteiger partial charge in [-0.25, -0.2) is 9.97 Å². The smallest absolute Gasteiger partial charge is 0.227 e. The van der Waals surface area contributed by atoms with Gasteiger partial charge in [-0.3, -0.25) is 4.79 Å². The lowest BCUT2D eigenvalue weighted by molar-refractivity contribution is -0.117. The number of nitrogens with zero attached hydrogens (tertiary/aromatic N) is 2. The van der Waals surface area contributed by atoms with E-state index in [9.17, 15) is 4.79 Å². The van der Waals surface area contributed by atoms with Crippen molar-refractivity contribution >= 4 is 23.1 Å². The van der Waals surface area contributed by atoms with E-state index >= 15 is 0 Å². The van der Waals surface area contributed by atoms with Gasteiger partial charge >= 0.3 is 0 Å². The molecule has 5 heteroatoms. The fraction of sp³-hybridized carbons (Fsp3) is 0.312. The van der Waals surface area contributed by atoms with Crippen LogP contribution in [0.4, 0.5) is 17.2 Å². The second-order valence-electron chi connectivity index (χ2n) is 5.41. The molecule has 1 amide bonds. The lowest BCUT2D eigenvalue weighted by Crippen LogP contribution is -2.13. The molecule has 3 rings (SSSR count). The van der Waals surface area contributed by atoms with Crippen LogP contribution in [0.25, 0.3) is 0 Å². The number of amides is 1. The highest BCUT2D eigenvalue weighted by molar-refractivity contribution is 5.94. The Labute approximate surface area is 123 Å². The Morgan fingerprint density at radius 2 is 1.76 bits per heavy atom. The molecule has 0 radical (unpaired) electrons. The first-order chi connectivity index (χ1) is 10.1. The predicted molar refractivity (Wildman–Crippen MR) is 82.6 cm³/mol. The minimum Gasteiger partial charge on any atom is -0.340 e. The van der Waals surface area contributed by atoms with Crippen molar-refractivity contribution in [3.05, 3.63) is 41.9 Å². The number of benzene rings is 1. The molecule has 108 valence electrons. The van der Waals surface area contributed by atoms with Crippen molar-refractivity contribution in [1.29, 1.82) is 0 Å². The Morgan fingerprint density at radius 3 is 2.38 bits per heavy atom. The average molecular weight is 282 g/mol. The summed E-state index contributed by atoms with van der Waals surface area (Å²) in [6.45, 7) is 3.81. The first-order valence-corrected chi connectivity index (χ1v) is 7.10. The molecule has 2 N–H and O–H groups in total. The van der Waals surface area contributed by atoms with E-state index in [4.69, 9.17) is 0 Å². The average Bonchev–Trinajstić information content (AvgIpc) is 3.24. The molecule has 1 aromatic carbocycles. The van der Waals surface area contributed by atoms with E-state index in [0.29, 0.717) is 0 Å². The van der Waals surface area contributed by atoms with E-state index in [1.54, 1.807) is 0 Å². The molecule has 1 aromatic heterocycles. The van der Waals surface area contributed by atoms with Crippen LogP contribution in [0.1, 0.15) is 24.4 Å². The Hall–Kier alpha value is -2.43. The van der Waals surface area contributed by atoms with Crippen LogP contribution in [0.3, 0.4) is 0 Å². The number of anilines is 3. The van der Waals surface area contributed by atoms with Crippen molar-refractivity contribution in [3.8, 4) is 0 Å². The van der Waals surface area contributed by atoms with Gasteiger partial charge in [0.2, 0.25) is 5.91 Å². The van der Waals surface area contributed by atoms with E-state index in [0.717, 1.165) is 41.6 Å². The normalized spacial score (nSPS) is 13.8. The Balaban J connectivity index is 1.67. The SMILES string of the molecule is Cc1cc(Nc2ccc(NC(=O)C3CC3)cc2)nc(C)n1. The molecule has 21 heavy (non-hydrogen) atoms. The third-order valence-electron chi connectivity index (χ3n) is 3.34. The molecule has 0 aliphatic heterocycles. The van der Waals surface area contributed by atoms with Gasteiger partial charge in [-0.2, -0.15) is 0 Å². The summed E-state index contributed by atoms with van der Waals surface area (Å²) in [4.78, 5) is 20.3. The number of hydrogen-bond donors (Lipinski definition) is 2. The van der Waals surface area contributed by atoms with E-state index in [2.05, 4.69) is 20.6 Å². The number of aryl methyl sites for hydroxylation is 2. The predicted octanol–water partition coefficient (Wildman–Crippen LogP) is 3.19. The monoisotopic (exact) mass is 282 g/mol. The molecule has 2 aromatic rings. The van der Waals surface area contributed by atoms with Crippen LogP contribution < -0.4 is 10.6 Å². The third-order valence-corrected chi connectivity index (χ3v) is 3.34. The fourth-order valence-electron chi connectivity index (χ4n) is 2.16. The van der Waals surface area contributed by atoms with E-state index in [1.165, 1.54) is 0 Å². The van der Waals surface area contributed by atoms with Gasteiger partial charge in [0, 0.05) is 29.1 Å². The van der Waals surface area contributed by atoms with Gasteiger partial charge in [0.05, 0.1) is 0 Å². The van der Waals surface area contributed by atoms with Crippen LogP contribution in [-0.2, 0) is 4.79 Å². The molecule has 0 unspecified atom stereocenters. The topological polar surface area (TPSA) is 66.9 Å². The van der Waals surface area contributed by atoms with Gasteiger partial charge < -0.3 is 10.6 Å². The maximum Gasteiger partial charge on any atom is 0.227 e. The van der Waals surface area contributed by atoms with Crippen LogP contribution in [0.5, 0.6) is 0 Å². The Morgan fingerprint density at radius 1 is 1.10 bits per heavy atom. The van der Waals surface area contributed by atoms with Crippen molar-refractivity contribution in [2.24, 2.45) is 5.92 Å². The molecule has 1 aliphatic carbocycles. The molecular weight excluding hydrogens is 264 g/mol. The summed E-state index contributed by atoms with van der Waals surface area (Å²) in [6, 6.07) is 9.54. The molecule has 1 aliphatic rings. The quantitative estimate of drug-likeness (QED) is 0.903. The zero-order valence-corrected chi connectivity index (χ0v) is 12.2. The molecule has 1 heterocycles. The summed E-state index contributed by atoms with van der Waals surface area (Å²) >= 11 is 0. The lowest BCUT2D eigenvalue weighted by atomic mass is 10.2. The highest BCUT2D eigenvalue weighted by atomic mass is 16.2. The summed E-state index contributed by atoms with van der Waals surface area (Å²) < 4.78 is 0. The number of carbonyl (C=O) groups is 1. The van der Waals surface area contributed by atoms with E-state index in [-0.39, 0.29) is 11.8 Å². The summed E-state index contributed by atoms with van der Waals surface area (Å²) in [5.74, 6) is 1.85. The van der Waals surface area contributed by atoms with Crippen molar-refractivity contribution in [1.82, 2.24) is 9.97 Å². The molecule has 5 nitrogen and oxygen atoms in total. The van der Waals surface area contributed by atoms with Gasteiger partial charge in [-0.15, -0.1) is 0 Å². The number of nitrogens with one attached hydrogen (secondary N) is 2. The first-order valence-electron chi connectivity index (χ1n) is 7.10. The molecule has 0 bridgehead atoms. The number of carbonyl (C=O) groups excluding carboxylic acids is 1. The Kier molecular flexibility index (Phi) is 3.56. The first kappa shape index (κ1) is 13.5. The summed E-state index contributed by atoms with van der Waals surface area (Å²) in [5, 5.41) is 6.16. The van der Waals surface area contributed by atoms with Crippen molar-refractivity contribution < 1.29 is 4.79 Å². The fourth-order valence-corrected chi connectivity index (χ4v) is 2.16. The number of aromatic nitrogens is 2. The van der Waals surface area contributed by atoms with Gasteiger partial charge in [0.1, 0.15) is 11.6 Å². The van der Waals surface area contributed by atoms with Crippen LogP contribution >= 0.6 is 0 Å². The largest absolute Gasteiger partial charge is 0.340 e. The van der Waals surface area contributed by atoms with Crippen molar-refractivity contribution in [2.75, 3.05) is 10.6 Å². The molecule has 0 atom stereocenters. The van der Waals surface area contributed by atoms with Crippen molar-refractivity contribution in [3.63, 3.8) is 0 Å². The second kappa shape index (κ2) is 5.52. The summed E-state index contributed by atoms with van der Waals surface area (Å²) in [6.07, 6.45) is 2.02. The molecular formula is C16H18N4O. The lowest BCUT2D eigenvalue weighted by Gasteiger charge is -2.09. The minimum absolute atomic E-state index is 0.123. The van der Waals surface area contributed by atoms with Gasteiger partial charge in [-0.05, 0) is 51.0 Å². The number of rotatable bonds is 4. The zero-order valence-electron chi connectivity index (χ0n) is 12.2. The van der Waals surface area contributed by atoms with Crippen LogP contribution in [-0.4, -0.2) is 15.9 Å². The maximum atomic E-state index is 11.7. The Bertz CT molecular complexity index is 642. The third kappa shape index (κ3) is 3.56. The van der Waals surface area contributed by atoms with Gasteiger partial charge in [-0.1, -0.05) is 0 Å². The molecule has 0 saturated heterocycles.